The molecule has 1 fully saturated rings. The van der Waals surface area contributed by atoms with Gasteiger partial charge in [0.25, 0.3) is 17.4 Å². The number of hydrogen-bond donors (Lipinski definition) is 4. The number of primary amides is 1. The van der Waals surface area contributed by atoms with Crippen molar-refractivity contribution in [2.45, 2.75) is 37.4 Å². The fourth-order valence-corrected chi connectivity index (χ4v) is 4.23. The Morgan fingerprint density at radius 3 is 2.42 bits per heavy atom. The highest BCUT2D eigenvalue weighted by Crippen LogP contribution is 2.33. The lowest BCUT2D eigenvalue weighted by Crippen LogP contribution is -2.60. The number of fused-ring (bicyclic) bond motifs is 1. The third kappa shape index (κ3) is 4.55. The average Bonchev–Trinajstić information content (AvgIpc) is 2.80. The Morgan fingerprint density at radius 2 is 1.77 bits per heavy atom. The number of methoxy groups -OCH3 is 1. The third-order valence-electron chi connectivity index (χ3n) is 6.17. The van der Waals surface area contributed by atoms with Crippen LogP contribution < -0.4 is 11.1 Å². The van der Waals surface area contributed by atoms with Gasteiger partial charge >= 0.3 is 5.97 Å². The van der Waals surface area contributed by atoms with E-state index in [2.05, 4.69) is 5.32 Å². The number of nitrogens with two attached hydrogens (primary N) is 1. The lowest BCUT2D eigenvalue weighted by atomic mass is 9.81. The van der Waals surface area contributed by atoms with Gasteiger partial charge in [0.2, 0.25) is 0 Å². The second-order valence-electron chi connectivity index (χ2n) is 8.05. The van der Waals surface area contributed by atoms with Crippen LogP contribution in [0.2, 0.25) is 0 Å². The molecule has 3 rings (SSSR count). The van der Waals surface area contributed by atoms with Crippen LogP contribution in [0.25, 0.3) is 10.8 Å². The SMILES string of the molecule is COC(=O)C1CCC(CNC(=O)[C@](O)(C(N)=O)[C@H](O)c2cccc3ccccc23)CC1. The highest BCUT2D eigenvalue weighted by Gasteiger charge is 2.50. The summed E-state index contributed by atoms with van der Waals surface area (Å²) in [7, 11) is 1.36. The van der Waals surface area contributed by atoms with Crippen LogP contribution in [0.3, 0.4) is 0 Å². The lowest BCUT2D eigenvalue weighted by molar-refractivity contribution is -0.165. The third-order valence-corrected chi connectivity index (χ3v) is 6.17. The van der Waals surface area contributed by atoms with E-state index in [1.165, 1.54) is 7.11 Å². The number of benzene rings is 2. The fraction of sp³-hybridized carbons (Fsp3) is 0.435. The molecule has 1 aliphatic rings. The molecule has 166 valence electrons. The second-order valence-corrected chi connectivity index (χ2v) is 8.05. The van der Waals surface area contributed by atoms with Crippen LogP contribution in [0.5, 0.6) is 0 Å². The second kappa shape index (κ2) is 9.45. The van der Waals surface area contributed by atoms with E-state index in [0.717, 1.165) is 5.39 Å². The largest absolute Gasteiger partial charge is 0.469 e. The van der Waals surface area contributed by atoms with Gasteiger partial charge in [-0.05, 0) is 47.9 Å². The first-order chi connectivity index (χ1) is 14.8. The van der Waals surface area contributed by atoms with E-state index >= 15 is 0 Å². The number of nitrogens with one attached hydrogen (secondary N) is 1. The Balaban J connectivity index is 1.72. The number of aliphatic hydroxyl groups is 2. The zero-order chi connectivity index (χ0) is 22.6. The van der Waals surface area contributed by atoms with E-state index in [1.54, 1.807) is 24.3 Å². The number of carbonyl (C=O) groups is 3. The Hall–Kier alpha value is -2.97. The molecule has 0 heterocycles. The first-order valence-electron chi connectivity index (χ1n) is 10.3. The summed E-state index contributed by atoms with van der Waals surface area (Å²) in [5, 5.41) is 25.7. The molecule has 0 unspecified atom stereocenters. The summed E-state index contributed by atoms with van der Waals surface area (Å²) in [4.78, 5) is 36.6. The highest BCUT2D eigenvalue weighted by molar-refractivity contribution is 6.09. The number of carbonyl (C=O) groups excluding carboxylic acids is 3. The molecule has 2 aromatic rings. The van der Waals surface area contributed by atoms with E-state index in [1.807, 2.05) is 18.2 Å². The van der Waals surface area contributed by atoms with Crippen molar-refractivity contribution in [1.29, 1.82) is 0 Å². The van der Waals surface area contributed by atoms with E-state index in [9.17, 15) is 24.6 Å². The van der Waals surface area contributed by atoms with Crippen LogP contribution in [0.4, 0.5) is 0 Å². The number of amides is 2. The molecule has 1 saturated carbocycles. The molecule has 2 aromatic carbocycles. The highest BCUT2D eigenvalue weighted by atomic mass is 16.5. The van der Waals surface area contributed by atoms with Crippen molar-refractivity contribution >= 4 is 28.6 Å². The van der Waals surface area contributed by atoms with Crippen molar-refractivity contribution in [3.63, 3.8) is 0 Å². The number of esters is 1. The molecule has 2 amide bonds. The molecule has 1 aliphatic carbocycles. The maximum Gasteiger partial charge on any atom is 0.308 e. The molecule has 0 bridgehead atoms. The fourth-order valence-electron chi connectivity index (χ4n) is 4.23. The average molecular weight is 428 g/mol. The first kappa shape index (κ1) is 22.7. The maximum atomic E-state index is 12.8. The summed E-state index contributed by atoms with van der Waals surface area (Å²) >= 11 is 0. The molecule has 0 radical (unpaired) electrons. The van der Waals surface area contributed by atoms with Crippen molar-refractivity contribution in [2.75, 3.05) is 13.7 Å². The summed E-state index contributed by atoms with van der Waals surface area (Å²) in [5.74, 6) is -2.68. The van der Waals surface area contributed by atoms with Crippen molar-refractivity contribution < 1.29 is 29.3 Å². The molecule has 0 spiro atoms. The molecule has 8 heteroatoms. The first-order valence-corrected chi connectivity index (χ1v) is 10.3. The van der Waals surface area contributed by atoms with Gasteiger partial charge in [-0.25, -0.2) is 0 Å². The zero-order valence-corrected chi connectivity index (χ0v) is 17.4. The van der Waals surface area contributed by atoms with E-state index in [-0.39, 0.29) is 29.9 Å². The quantitative estimate of drug-likeness (QED) is 0.386. The summed E-state index contributed by atoms with van der Waals surface area (Å²) < 4.78 is 4.77. The minimum absolute atomic E-state index is 0.0803. The smallest absolute Gasteiger partial charge is 0.308 e. The predicted molar refractivity (Wildman–Crippen MR) is 114 cm³/mol. The minimum atomic E-state index is -2.83. The molecule has 0 aliphatic heterocycles. The summed E-state index contributed by atoms with van der Waals surface area (Å²) in [6, 6.07) is 12.2. The van der Waals surface area contributed by atoms with Gasteiger partial charge in [-0.1, -0.05) is 42.5 Å². The van der Waals surface area contributed by atoms with Gasteiger partial charge in [0, 0.05) is 6.54 Å². The molecule has 31 heavy (non-hydrogen) atoms. The number of hydrogen-bond acceptors (Lipinski definition) is 6. The molecular weight excluding hydrogens is 400 g/mol. The predicted octanol–water partition coefficient (Wildman–Crippen LogP) is 1.19. The molecule has 0 saturated heterocycles. The van der Waals surface area contributed by atoms with Gasteiger partial charge in [0.05, 0.1) is 13.0 Å². The molecule has 2 atom stereocenters. The minimum Gasteiger partial charge on any atom is -0.469 e. The van der Waals surface area contributed by atoms with Crippen LogP contribution in [0.15, 0.2) is 42.5 Å². The van der Waals surface area contributed by atoms with Crippen LogP contribution in [-0.4, -0.2) is 47.3 Å². The standard InChI is InChI=1S/C23H28N2O6/c1-31-20(27)16-11-9-14(10-12-16)13-25-22(29)23(30,21(24)28)19(26)18-8-4-6-15-5-2-3-7-17(15)18/h2-8,14,16,19,26,30H,9-13H2,1H3,(H2,24,28)(H,25,29)/t14?,16?,19-,23-/m1/s1. The maximum absolute atomic E-state index is 12.8. The Kier molecular flexibility index (Phi) is 6.92. The van der Waals surface area contributed by atoms with Gasteiger partial charge in [-0.15, -0.1) is 0 Å². The van der Waals surface area contributed by atoms with Gasteiger partial charge in [0.1, 0.15) is 6.10 Å². The molecular formula is C23H28N2O6. The number of aliphatic hydroxyl groups excluding tert-OH is 1. The summed E-state index contributed by atoms with van der Waals surface area (Å²) in [5.41, 5.74) is 2.77. The Morgan fingerprint density at radius 1 is 1.13 bits per heavy atom. The van der Waals surface area contributed by atoms with Gasteiger partial charge in [-0.2, -0.15) is 0 Å². The van der Waals surface area contributed by atoms with Crippen molar-refractivity contribution in [1.82, 2.24) is 5.32 Å². The van der Waals surface area contributed by atoms with E-state index in [4.69, 9.17) is 10.5 Å². The van der Waals surface area contributed by atoms with Gasteiger partial charge in [0.15, 0.2) is 0 Å². The topological polar surface area (TPSA) is 139 Å². The Bertz CT molecular complexity index is 964. The summed E-state index contributed by atoms with van der Waals surface area (Å²) in [6.45, 7) is 0.199. The zero-order valence-electron chi connectivity index (χ0n) is 17.4. The monoisotopic (exact) mass is 428 g/mol. The van der Waals surface area contributed by atoms with Crippen LogP contribution >= 0.6 is 0 Å². The lowest BCUT2D eigenvalue weighted by Gasteiger charge is -2.31. The number of ether oxygens (including phenoxy) is 1. The van der Waals surface area contributed by atoms with Crippen molar-refractivity contribution in [3.8, 4) is 0 Å². The van der Waals surface area contributed by atoms with E-state index in [0.29, 0.717) is 31.1 Å². The van der Waals surface area contributed by atoms with Crippen LogP contribution in [0.1, 0.15) is 37.4 Å². The van der Waals surface area contributed by atoms with Crippen LogP contribution in [0, 0.1) is 11.8 Å². The molecule has 0 aromatic heterocycles. The van der Waals surface area contributed by atoms with Gasteiger partial charge in [-0.3, -0.25) is 14.4 Å². The molecule has 5 N–H and O–H groups in total. The van der Waals surface area contributed by atoms with E-state index < -0.39 is 23.5 Å². The summed E-state index contributed by atoms with van der Waals surface area (Å²) in [6.07, 6.45) is 0.839. The van der Waals surface area contributed by atoms with Crippen LogP contribution in [-0.2, 0) is 19.1 Å². The van der Waals surface area contributed by atoms with Crippen molar-refractivity contribution in [2.24, 2.45) is 17.6 Å². The molecule has 8 nitrogen and oxygen atoms in total. The number of rotatable bonds is 7. The van der Waals surface area contributed by atoms with Crippen molar-refractivity contribution in [3.05, 3.63) is 48.0 Å². The normalized spacial score (nSPS) is 21.6. The Labute approximate surface area is 180 Å². The van der Waals surface area contributed by atoms with Gasteiger partial charge < -0.3 is 26.0 Å².